The number of fused-ring (bicyclic) bond motifs is 1. The van der Waals surface area contributed by atoms with Crippen molar-refractivity contribution in [2.24, 2.45) is 5.92 Å². The molecular formula is C22H23ClO2. The molecule has 0 saturated carbocycles. The van der Waals surface area contributed by atoms with Crippen molar-refractivity contribution in [3.63, 3.8) is 0 Å². The van der Waals surface area contributed by atoms with Gasteiger partial charge in [-0.2, -0.15) is 0 Å². The summed E-state index contributed by atoms with van der Waals surface area (Å²) in [4.78, 5) is 12.4. The van der Waals surface area contributed by atoms with Crippen LogP contribution < -0.4 is 4.74 Å². The molecule has 2 aromatic carbocycles. The van der Waals surface area contributed by atoms with E-state index in [4.69, 9.17) is 16.3 Å². The molecule has 3 heteroatoms. The number of carbonyl (C=O) groups is 1. The number of ether oxygens (including phenoxy) is 1. The van der Waals surface area contributed by atoms with Gasteiger partial charge in [0.2, 0.25) is 0 Å². The standard InChI is InChI=1S/C22H23ClO2/c1-13(2)18-10-5-14(3)19-12-21(15(4)11-20(18)19)25-22(24)16-6-8-17(23)9-7-16/h5-9,11-13,18H,10H2,1-4H3/t18-/m1/s1. The number of allylic oxidation sites excluding steroid dienone is 2. The molecule has 0 amide bonds. The molecule has 0 bridgehead atoms. The number of carbonyl (C=O) groups excluding carboxylic acids is 1. The van der Waals surface area contributed by atoms with Crippen molar-refractivity contribution in [1.82, 2.24) is 0 Å². The Balaban J connectivity index is 1.93. The summed E-state index contributed by atoms with van der Waals surface area (Å²) in [6.07, 6.45) is 3.35. The van der Waals surface area contributed by atoms with Gasteiger partial charge < -0.3 is 4.74 Å². The van der Waals surface area contributed by atoms with Crippen LogP contribution in [0.1, 0.15) is 60.2 Å². The first-order valence-electron chi connectivity index (χ1n) is 8.66. The molecule has 2 nitrogen and oxygen atoms in total. The van der Waals surface area contributed by atoms with Gasteiger partial charge in [-0.05, 0) is 84.7 Å². The third-order valence-corrected chi connectivity index (χ3v) is 5.19. The third kappa shape index (κ3) is 3.64. The molecule has 0 spiro atoms. The summed E-state index contributed by atoms with van der Waals surface area (Å²) >= 11 is 5.88. The van der Waals surface area contributed by atoms with Gasteiger partial charge in [0.25, 0.3) is 0 Å². The minimum Gasteiger partial charge on any atom is -0.423 e. The van der Waals surface area contributed by atoms with Crippen molar-refractivity contribution in [2.45, 2.75) is 40.0 Å². The van der Waals surface area contributed by atoms with Crippen LogP contribution in [-0.4, -0.2) is 5.97 Å². The topological polar surface area (TPSA) is 26.3 Å². The van der Waals surface area contributed by atoms with Crippen LogP contribution in [0.25, 0.3) is 5.57 Å². The summed E-state index contributed by atoms with van der Waals surface area (Å²) in [5.74, 6) is 1.34. The van der Waals surface area contributed by atoms with Crippen LogP contribution >= 0.6 is 11.6 Å². The predicted octanol–water partition coefficient (Wildman–Crippen LogP) is 6.41. The molecule has 0 N–H and O–H groups in total. The van der Waals surface area contributed by atoms with Crippen molar-refractivity contribution in [1.29, 1.82) is 0 Å². The van der Waals surface area contributed by atoms with E-state index in [0.29, 0.717) is 28.2 Å². The maximum absolute atomic E-state index is 12.4. The fourth-order valence-electron chi connectivity index (χ4n) is 3.39. The zero-order valence-electron chi connectivity index (χ0n) is 15.1. The molecule has 0 saturated heterocycles. The first-order valence-corrected chi connectivity index (χ1v) is 9.04. The van der Waals surface area contributed by atoms with E-state index in [1.807, 2.05) is 13.0 Å². The second-order valence-electron chi connectivity index (χ2n) is 7.07. The Bertz CT molecular complexity index is 832. The highest BCUT2D eigenvalue weighted by Crippen LogP contribution is 2.41. The summed E-state index contributed by atoms with van der Waals surface area (Å²) < 4.78 is 5.67. The molecule has 3 rings (SSSR count). The number of halogens is 1. The van der Waals surface area contributed by atoms with Gasteiger partial charge in [-0.15, -0.1) is 0 Å². The Hall–Kier alpha value is -2.06. The molecule has 0 aliphatic heterocycles. The fourth-order valence-corrected chi connectivity index (χ4v) is 3.51. The van der Waals surface area contributed by atoms with Gasteiger partial charge in [0.15, 0.2) is 0 Å². The fraction of sp³-hybridized carbons (Fsp3) is 0.318. The zero-order valence-corrected chi connectivity index (χ0v) is 15.9. The number of aryl methyl sites for hydroxylation is 1. The molecule has 25 heavy (non-hydrogen) atoms. The quantitative estimate of drug-likeness (QED) is 0.470. The Morgan fingerprint density at radius 3 is 2.48 bits per heavy atom. The molecule has 130 valence electrons. The van der Waals surface area contributed by atoms with Crippen LogP contribution in [0.5, 0.6) is 5.75 Å². The summed E-state index contributed by atoms with van der Waals surface area (Å²) in [5.41, 5.74) is 5.28. The lowest BCUT2D eigenvalue weighted by atomic mass is 9.77. The normalized spacial score (nSPS) is 16.4. The molecule has 1 aliphatic carbocycles. The number of rotatable bonds is 3. The van der Waals surface area contributed by atoms with Crippen LogP contribution in [0.15, 0.2) is 42.5 Å². The van der Waals surface area contributed by atoms with Crippen LogP contribution in [0.4, 0.5) is 0 Å². The van der Waals surface area contributed by atoms with E-state index in [1.165, 1.54) is 16.7 Å². The van der Waals surface area contributed by atoms with E-state index in [-0.39, 0.29) is 5.97 Å². The predicted molar refractivity (Wildman–Crippen MR) is 103 cm³/mol. The van der Waals surface area contributed by atoms with E-state index in [1.54, 1.807) is 24.3 Å². The summed E-state index contributed by atoms with van der Waals surface area (Å²) in [7, 11) is 0. The van der Waals surface area contributed by atoms with E-state index in [2.05, 4.69) is 32.9 Å². The Kier molecular flexibility index (Phi) is 5.01. The van der Waals surface area contributed by atoms with E-state index < -0.39 is 0 Å². The number of esters is 1. The average Bonchev–Trinajstić information content (AvgIpc) is 2.56. The highest BCUT2D eigenvalue weighted by atomic mass is 35.5. The molecule has 2 aromatic rings. The zero-order chi connectivity index (χ0) is 18.1. The van der Waals surface area contributed by atoms with Crippen LogP contribution in [-0.2, 0) is 0 Å². The smallest absolute Gasteiger partial charge is 0.343 e. The van der Waals surface area contributed by atoms with Gasteiger partial charge >= 0.3 is 5.97 Å². The van der Waals surface area contributed by atoms with E-state index in [0.717, 1.165) is 12.0 Å². The molecule has 1 atom stereocenters. The van der Waals surface area contributed by atoms with Gasteiger partial charge in [-0.25, -0.2) is 4.79 Å². The van der Waals surface area contributed by atoms with Crippen molar-refractivity contribution < 1.29 is 9.53 Å². The van der Waals surface area contributed by atoms with E-state index >= 15 is 0 Å². The first-order chi connectivity index (χ1) is 11.9. The lowest BCUT2D eigenvalue weighted by Crippen LogP contribution is -2.14. The summed E-state index contributed by atoms with van der Waals surface area (Å²) in [6, 6.07) is 10.9. The number of benzene rings is 2. The van der Waals surface area contributed by atoms with Crippen molar-refractivity contribution >= 4 is 23.1 Å². The Morgan fingerprint density at radius 2 is 1.84 bits per heavy atom. The Labute approximate surface area is 154 Å². The van der Waals surface area contributed by atoms with Crippen LogP contribution in [0.2, 0.25) is 5.02 Å². The lowest BCUT2D eigenvalue weighted by molar-refractivity contribution is 0.0733. The monoisotopic (exact) mass is 354 g/mol. The lowest BCUT2D eigenvalue weighted by Gasteiger charge is -2.28. The molecule has 0 heterocycles. The molecule has 0 fully saturated rings. The van der Waals surface area contributed by atoms with E-state index in [9.17, 15) is 4.79 Å². The van der Waals surface area contributed by atoms with Gasteiger partial charge in [-0.1, -0.05) is 37.6 Å². The molecule has 0 aromatic heterocycles. The minimum absolute atomic E-state index is 0.363. The van der Waals surface area contributed by atoms with Crippen molar-refractivity contribution in [3.8, 4) is 5.75 Å². The summed E-state index contributed by atoms with van der Waals surface area (Å²) in [6.45, 7) is 8.63. The van der Waals surface area contributed by atoms with Crippen molar-refractivity contribution in [2.75, 3.05) is 0 Å². The van der Waals surface area contributed by atoms with Gasteiger partial charge in [0.1, 0.15) is 5.75 Å². The van der Waals surface area contributed by atoms with Crippen LogP contribution in [0.3, 0.4) is 0 Å². The van der Waals surface area contributed by atoms with Gasteiger partial charge in [0.05, 0.1) is 5.56 Å². The molecular weight excluding hydrogens is 332 g/mol. The third-order valence-electron chi connectivity index (χ3n) is 4.94. The average molecular weight is 355 g/mol. The van der Waals surface area contributed by atoms with Crippen molar-refractivity contribution in [3.05, 3.63) is 69.8 Å². The maximum Gasteiger partial charge on any atom is 0.343 e. The summed E-state index contributed by atoms with van der Waals surface area (Å²) in [5, 5.41) is 0.599. The highest BCUT2D eigenvalue weighted by molar-refractivity contribution is 6.30. The minimum atomic E-state index is -0.363. The second kappa shape index (κ2) is 7.05. The second-order valence-corrected chi connectivity index (χ2v) is 7.51. The molecule has 0 unspecified atom stereocenters. The van der Waals surface area contributed by atoms with Gasteiger partial charge in [0, 0.05) is 5.02 Å². The maximum atomic E-state index is 12.4. The first kappa shape index (κ1) is 17.8. The number of hydrogen-bond donors (Lipinski definition) is 0. The SMILES string of the molecule is CC1=CC[C@H](C(C)C)c2cc(C)c(OC(=O)c3ccc(Cl)cc3)cc21. The largest absolute Gasteiger partial charge is 0.423 e. The van der Waals surface area contributed by atoms with Crippen LogP contribution in [0, 0.1) is 12.8 Å². The molecule has 0 radical (unpaired) electrons. The Morgan fingerprint density at radius 1 is 1.16 bits per heavy atom. The van der Waals surface area contributed by atoms with Gasteiger partial charge in [-0.3, -0.25) is 0 Å². The molecule has 1 aliphatic rings. The number of hydrogen-bond acceptors (Lipinski definition) is 2. The highest BCUT2D eigenvalue weighted by Gasteiger charge is 2.24.